The van der Waals surface area contributed by atoms with Gasteiger partial charge in [-0.25, -0.2) is 0 Å². The maximum atomic E-state index is 5.60. The normalized spacial score (nSPS) is 22.7. The first-order valence-corrected chi connectivity index (χ1v) is 8.43. The van der Waals surface area contributed by atoms with Crippen molar-refractivity contribution in [3.63, 3.8) is 0 Å². The number of nitrogens with one attached hydrogen (secondary N) is 1. The van der Waals surface area contributed by atoms with Gasteiger partial charge in [0.1, 0.15) is 0 Å². The Morgan fingerprint density at radius 1 is 1.29 bits per heavy atom. The summed E-state index contributed by atoms with van der Waals surface area (Å²) in [5.41, 5.74) is 3.05. The molecule has 0 radical (unpaired) electrons. The molecule has 0 heterocycles. The van der Waals surface area contributed by atoms with E-state index in [9.17, 15) is 0 Å². The quantitative estimate of drug-likeness (QED) is 0.779. The summed E-state index contributed by atoms with van der Waals surface area (Å²) in [5, 5.41) is 3.74. The van der Waals surface area contributed by atoms with E-state index < -0.39 is 0 Å². The number of hydrogen-bond acceptors (Lipinski definition) is 2. The molecular weight excluding hydrogens is 258 g/mol. The van der Waals surface area contributed by atoms with Crippen LogP contribution in [0.1, 0.15) is 63.6 Å². The first-order valence-electron chi connectivity index (χ1n) is 8.43. The van der Waals surface area contributed by atoms with E-state index in [1.165, 1.54) is 36.8 Å². The summed E-state index contributed by atoms with van der Waals surface area (Å²) in [6, 6.07) is 9.49. The van der Waals surface area contributed by atoms with Crippen molar-refractivity contribution in [3.8, 4) is 0 Å². The molecule has 0 amide bonds. The SMILES string of the molecule is CCNC1c2ccccc2CCCC1CCC(C)(C)OC. The minimum atomic E-state index is -0.0113. The Labute approximate surface area is 130 Å². The van der Waals surface area contributed by atoms with Gasteiger partial charge in [0.25, 0.3) is 0 Å². The minimum Gasteiger partial charge on any atom is -0.379 e. The average molecular weight is 289 g/mol. The maximum Gasteiger partial charge on any atom is 0.0622 e. The Hall–Kier alpha value is -0.860. The third kappa shape index (κ3) is 4.31. The zero-order chi connectivity index (χ0) is 15.3. The molecule has 0 saturated heterocycles. The van der Waals surface area contributed by atoms with Gasteiger partial charge in [0.05, 0.1) is 5.60 Å². The lowest BCUT2D eigenvalue weighted by Crippen LogP contribution is -2.30. The van der Waals surface area contributed by atoms with Crippen LogP contribution in [0.3, 0.4) is 0 Å². The summed E-state index contributed by atoms with van der Waals surface area (Å²) in [6.45, 7) is 7.63. The number of aryl methyl sites for hydroxylation is 1. The molecule has 0 bridgehead atoms. The van der Waals surface area contributed by atoms with Gasteiger partial charge < -0.3 is 10.1 Å². The molecule has 0 spiro atoms. The summed E-state index contributed by atoms with van der Waals surface area (Å²) in [6.07, 6.45) is 6.19. The van der Waals surface area contributed by atoms with Crippen LogP contribution in [0, 0.1) is 5.92 Å². The summed E-state index contributed by atoms with van der Waals surface area (Å²) in [5.74, 6) is 0.711. The van der Waals surface area contributed by atoms with E-state index in [4.69, 9.17) is 4.74 Å². The average Bonchev–Trinajstić information content (AvgIpc) is 2.66. The van der Waals surface area contributed by atoms with Crippen molar-refractivity contribution in [1.29, 1.82) is 0 Å². The number of fused-ring (bicyclic) bond motifs is 1. The molecule has 2 nitrogen and oxygen atoms in total. The highest BCUT2D eigenvalue weighted by molar-refractivity contribution is 5.31. The van der Waals surface area contributed by atoms with Crippen LogP contribution in [0.2, 0.25) is 0 Å². The van der Waals surface area contributed by atoms with Crippen molar-refractivity contribution < 1.29 is 4.74 Å². The third-order valence-corrected chi connectivity index (χ3v) is 4.98. The molecule has 2 unspecified atom stereocenters. The smallest absolute Gasteiger partial charge is 0.0622 e. The second-order valence-corrected chi connectivity index (χ2v) is 6.89. The molecule has 2 atom stereocenters. The second-order valence-electron chi connectivity index (χ2n) is 6.89. The Bertz CT molecular complexity index is 441. The maximum absolute atomic E-state index is 5.60. The Morgan fingerprint density at radius 3 is 2.76 bits per heavy atom. The molecule has 2 heteroatoms. The lowest BCUT2D eigenvalue weighted by molar-refractivity contribution is 0.00868. The molecule has 1 aliphatic rings. The number of methoxy groups -OCH3 is 1. The van der Waals surface area contributed by atoms with Crippen molar-refractivity contribution in [2.75, 3.05) is 13.7 Å². The molecule has 118 valence electrons. The molecule has 1 aromatic carbocycles. The topological polar surface area (TPSA) is 21.3 Å². The van der Waals surface area contributed by atoms with Crippen LogP contribution >= 0.6 is 0 Å². The van der Waals surface area contributed by atoms with Gasteiger partial charge in [0.15, 0.2) is 0 Å². The van der Waals surface area contributed by atoms with Gasteiger partial charge in [0.2, 0.25) is 0 Å². The fourth-order valence-corrected chi connectivity index (χ4v) is 3.48. The number of hydrogen-bond donors (Lipinski definition) is 1. The highest BCUT2D eigenvalue weighted by atomic mass is 16.5. The van der Waals surface area contributed by atoms with Crippen molar-refractivity contribution >= 4 is 0 Å². The van der Waals surface area contributed by atoms with Crippen molar-refractivity contribution in [2.45, 2.75) is 64.5 Å². The summed E-state index contributed by atoms with van der Waals surface area (Å²) >= 11 is 0. The fourth-order valence-electron chi connectivity index (χ4n) is 3.48. The zero-order valence-corrected chi connectivity index (χ0v) is 14.1. The van der Waals surface area contributed by atoms with E-state index in [1.807, 2.05) is 7.11 Å². The predicted octanol–water partition coefficient (Wildman–Crippen LogP) is 4.49. The Morgan fingerprint density at radius 2 is 2.05 bits per heavy atom. The molecule has 0 saturated carbocycles. The summed E-state index contributed by atoms with van der Waals surface area (Å²) in [4.78, 5) is 0. The van der Waals surface area contributed by atoms with E-state index in [0.29, 0.717) is 12.0 Å². The van der Waals surface area contributed by atoms with E-state index in [1.54, 1.807) is 0 Å². The van der Waals surface area contributed by atoms with Crippen LogP contribution < -0.4 is 5.32 Å². The third-order valence-electron chi connectivity index (χ3n) is 4.98. The molecule has 0 fully saturated rings. The van der Waals surface area contributed by atoms with Gasteiger partial charge in [0, 0.05) is 13.2 Å². The first-order chi connectivity index (χ1) is 10.1. The molecule has 1 aliphatic carbocycles. The number of benzene rings is 1. The second kappa shape index (κ2) is 7.42. The van der Waals surface area contributed by atoms with Gasteiger partial charge in [-0.3, -0.25) is 0 Å². The lowest BCUT2D eigenvalue weighted by atomic mass is 9.84. The van der Waals surface area contributed by atoms with E-state index >= 15 is 0 Å². The lowest BCUT2D eigenvalue weighted by Gasteiger charge is -2.31. The predicted molar refractivity (Wildman–Crippen MR) is 89.6 cm³/mol. The van der Waals surface area contributed by atoms with Gasteiger partial charge in [-0.1, -0.05) is 31.2 Å². The van der Waals surface area contributed by atoms with Crippen LogP contribution in [0.25, 0.3) is 0 Å². The largest absolute Gasteiger partial charge is 0.379 e. The van der Waals surface area contributed by atoms with Crippen molar-refractivity contribution in [2.24, 2.45) is 5.92 Å². The number of ether oxygens (including phenoxy) is 1. The van der Waals surface area contributed by atoms with Crippen LogP contribution in [0.15, 0.2) is 24.3 Å². The van der Waals surface area contributed by atoms with Crippen LogP contribution in [-0.2, 0) is 11.2 Å². The van der Waals surface area contributed by atoms with Crippen LogP contribution in [-0.4, -0.2) is 19.3 Å². The van der Waals surface area contributed by atoms with Crippen molar-refractivity contribution in [1.82, 2.24) is 5.32 Å². The van der Waals surface area contributed by atoms with Gasteiger partial charge in [-0.05, 0) is 69.5 Å². The molecule has 21 heavy (non-hydrogen) atoms. The highest BCUT2D eigenvalue weighted by Gasteiger charge is 2.28. The van der Waals surface area contributed by atoms with Gasteiger partial charge in [-0.15, -0.1) is 0 Å². The fraction of sp³-hybridized carbons (Fsp3) is 0.684. The summed E-state index contributed by atoms with van der Waals surface area (Å²) < 4.78 is 5.60. The number of rotatable bonds is 6. The first kappa shape index (κ1) is 16.5. The van der Waals surface area contributed by atoms with E-state index in [0.717, 1.165) is 13.0 Å². The Kier molecular flexibility index (Phi) is 5.83. The monoisotopic (exact) mass is 289 g/mol. The molecule has 1 aromatic rings. The van der Waals surface area contributed by atoms with Crippen molar-refractivity contribution in [3.05, 3.63) is 35.4 Å². The molecule has 2 rings (SSSR count). The highest BCUT2D eigenvalue weighted by Crippen LogP contribution is 2.37. The Balaban J connectivity index is 2.16. The van der Waals surface area contributed by atoms with Crippen LogP contribution in [0.5, 0.6) is 0 Å². The van der Waals surface area contributed by atoms with Crippen LogP contribution in [0.4, 0.5) is 0 Å². The van der Waals surface area contributed by atoms with E-state index in [-0.39, 0.29) is 5.60 Å². The van der Waals surface area contributed by atoms with E-state index in [2.05, 4.69) is 50.4 Å². The zero-order valence-electron chi connectivity index (χ0n) is 14.1. The van der Waals surface area contributed by atoms with Gasteiger partial charge >= 0.3 is 0 Å². The standard InChI is InChI=1S/C19H31NO/c1-5-20-18-16(13-14-19(2,3)21-4)11-8-10-15-9-6-7-12-17(15)18/h6-7,9,12,16,18,20H,5,8,10-11,13-14H2,1-4H3. The molecular formula is C19H31NO. The molecule has 0 aromatic heterocycles. The minimum absolute atomic E-state index is 0.0113. The summed E-state index contributed by atoms with van der Waals surface area (Å²) in [7, 11) is 1.82. The molecule has 1 N–H and O–H groups in total. The molecule has 0 aliphatic heterocycles. The van der Waals surface area contributed by atoms with Gasteiger partial charge in [-0.2, -0.15) is 0 Å².